The lowest BCUT2D eigenvalue weighted by molar-refractivity contribution is -0.153. The Balaban J connectivity index is 2.58. The standard InChI is InChI=1S/C15H18F3NO5/c1-9(14(21)22)10(2)19-13(20)7-23-11-5-3-4-6-12(11)24-8-15(16,17)18/h3-6,9-10H,7-8H2,1-2H3,(H,19,20)(H,21,22). The van der Waals surface area contributed by atoms with Crippen LogP contribution in [-0.2, 0) is 9.59 Å². The molecule has 6 nitrogen and oxygen atoms in total. The molecule has 1 rings (SSSR count). The number of hydrogen-bond donors (Lipinski definition) is 2. The Labute approximate surface area is 136 Å². The van der Waals surface area contributed by atoms with Gasteiger partial charge in [0.15, 0.2) is 24.7 Å². The van der Waals surface area contributed by atoms with Gasteiger partial charge in [-0.3, -0.25) is 9.59 Å². The summed E-state index contributed by atoms with van der Waals surface area (Å²) in [4.78, 5) is 22.5. The minimum Gasteiger partial charge on any atom is -0.481 e. The zero-order valence-electron chi connectivity index (χ0n) is 13.1. The smallest absolute Gasteiger partial charge is 0.422 e. The van der Waals surface area contributed by atoms with Crippen LogP contribution in [0.2, 0.25) is 0 Å². The molecule has 2 atom stereocenters. The van der Waals surface area contributed by atoms with Crippen LogP contribution in [0.25, 0.3) is 0 Å². The minimum absolute atomic E-state index is 0.0177. The van der Waals surface area contributed by atoms with Gasteiger partial charge in [-0.1, -0.05) is 12.1 Å². The van der Waals surface area contributed by atoms with Gasteiger partial charge in [-0.05, 0) is 26.0 Å². The van der Waals surface area contributed by atoms with Gasteiger partial charge in [0.2, 0.25) is 0 Å². The van der Waals surface area contributed by atoms with Crippen molar-refractivity contribution in [2.45, 2.75) is 26.1 Å². The van der Waals surface area contributed by atoms with E-state index in [0.717, 1.165) is 0 Å². The molecule has 2 N–H and O–H groups in total. The Bertz CT molecular complexity index is 576. The fourth-order valence-corrected chi connectivity index (χ4v) is 1.63. The summed E-state index contributed by atoms with van der Waals surface area (Å²) >= 11 is 0. The Morgan fingerprint density at radius 3 is 2.21 bits per heavy atom. The van der Waals surface area contributed by atoms with Crippen molar-refractivity contribution in [3.63, 3.8) is 0 Å². The number of nitrogens with one attached hydrogen (secondary N) is 1. The normalized spacial score (nSPS) is 13.7. The summed E-state index contributed by atoms with van der Waals surface area (Å²) in [5.41, 5.74) is 0. The van der Waals surface area contributed by atoms with Crippen LogP contribution in [0, 0.1) is 5.92 Å². The molecule has 0 aliphatic rings. The minimum atomic E-state index is -4.49. The van der Waals surface area contributed by atoms with Crippen LogP contribution in [0.3, 0.4) is 0 Å². The number of alkyl halides is 3. The SMILES string of the molecule is CC(NC(=O)COc1ccccc1OCC(F)(F)F)C(C)C(=O)O. The van der Waals surface area contributed by atoms with E-state index < -0.39 is 43.2 Å². The van der Waals surface area contributed by atoms with Crippen LogP contribution in [-0.4, -0.2) is 42.4 Å². The third-order valence-electron chi connectivity index (χ3n) is 3.13. The number of carbonyl (C=O) groups is 2. The summed E-state index contributed by atoms with van der Waals surface area (Å²) < 4.78 is 46.4. The first-order valence-corrected chi connectivity index (χ1v) is 7.03. The maximum atomic E-state index is 12.2. The van der Waals surface area contributed by atoms with Gasteiger partial charge in [-0.15, -0.1) is 0 Å². The highest BCUT2D eigenvalue weighted by Crippen LogP contribution is 2.28. The van der Waals surface area contributed by atoms with Crippen molar-refractivity contribution in [3.8, 4) is 11.5 Å². The number of amides is 1. The van der Waals surface area contributed by atoms with Crippen LogP contribution in [0.5, 0.6) is 11.5 Å². The van der Waals surface area contributed by atoms with Gasteiger partial charge in [-0.25, -0.2) is 0 Å². The topological polar surface area (TPSA) is 84.9 Å². The number of para-hydroxylation sites is 2. The molecule has 1 aromatic rings. The molecule has 0 heterocycles. The van der Waals surface area contributed by atoms with E-state index in [1.165, 1.54) is 38.1 Å². The number of carboxylic acids is 1. The van der Waals surface area contributed by atoms with Crippen LogP contribution >= 0.6 is 0 Å². The highest BCUT2D eigenvalue weighted by Gasteiger charge is 2.29. The zero-order valence-corrected chi connectivity index (χ0v) is 13.1. The van der Waals surface area contributed by atoms with Crippen LogP contribution in [0.15, 0.2) is 24.3 Å². The highest BCUT2D eigenvalue weighted by molar-refractivity contribution is 5.79. The van der Waals surface area contributed by atoms with Crippen molar-refractivity contribution in [2.24, 2.45) is 5.92 Å². The lowest BCUT2D eigenvalue weighted by Gasteiger charge is -2.18. The zero-order chi connectivity index (χ0) is 18.3. The summed E-state index contributed by atoms with van der Waals surface area (Å²) in [7, 11) is 0. The Hall–Kier alpha value is -2.45. The van der Waals surface area contributed by atoms with Crippen molar-refractivity contribution >= 4 is 11.9 Å². The van der Waals surface area contributed by atoms with E-state index in [4.69, 9.17) is 9.84 Å². The molecule has 1 aromatic carbocycles. The number of halogens is 3. The van der Waals surface area contributed by atoms with Gasteiger partial charge in [0.1, 0.15) is 0 Å². The van der Waals surface area contributed by atoms with Gasteiger partial charge < -0.3 is 19.9 Å². The largest absolute Gasteiger partial charge is 0.481 e. The first-order chi connectivity index (χ1) is 11.1. The third kappa shape index (κ3) is 6.76. The Morgan fingerprint density at radius 1 is 1.17 bits per heavy atom. The van der Waals surface area contributed by atoms with Crippen molar-refractivity contribution < 1.29 is 37.3 Å². The molecule has 0 fully saturated rings. The molecule has 24 heavy (non-hydrogen) atoms. The van der Waals surface area contributed by atoms with Crippen molar-refractivity contribution in [1.29, 1.82) is 0 Å². The molecule has 0 saturated carbocycles. The maximum absolute atomic E-state index is 12.2. The monoisotopic (exact) mass is 349 g/mol. The van der Waals surface area contributed by atoms with E-state index in [1.54, 1.807) is 0 Å². The number of benzene rings is 1. The van der Waals surface area contributed by atoms with Gasteiger partial charge in [-0.2, -0.15) is 13.2 Å². The molecule has 0 spiro atoms. The maximum Gasteiger partial charge on any atom is 0.422 e. The van der Waals surface area contributed by atoms with E-state index >= 15 is 0 Å². The number of rotatable bonds is 8. The summed E-state index contributed by atoms with van der Waals surface area (Å²) in [5.74, 6) is -2.61. The molecule has 9 heteroatoms. The second-order valence-electron chi connectivity index (χ2n) is 5.12. The second kappa shape index (κ2) is 8.42. The third-order valence-corrected chi connectivity index (χ3v) is 3.13. The lowest BCUT2D eigenvalue weighted by Crippen LogP contribution is -2.42. The Morgan fingerprint density at radius 2 is 1.71 bits per heavy atom. The number of aliphatic carboxylic acids is 1. The number of ether oxygens (including phenoxy) is 2. The van der Waals surface area contributed by atoms with Gasteiger partial charge in [0.25, 0.3) is 5.91 Å². The van der Waals surface area contributed by atoms with Crippen molar-refractivity contribution in [2.75, 3.05) is 13.2 Å². The molecular weight excluding hydrogens is 331 g/mol. The summed E-state index contributed by atoms with van der Waals surface area (Å²) in [5, 5.41) is 11.3. The fraction of sp³-hybridized carbons (Fsp3) is 0.467. The van der Waals surface area contributed by atoms with E-state index in [-0.39, 0.29) is 11.5 Å². The predicted molar refractivity (Wildman–Crippen MR) is 77.9 cm³/mol. The summed E-state index contributed by atoms with van der Waals surface area (Å²) in [6, 6.07) is 5.00. The molecule has 0 saturated heterocycles. The molecule has 0 radical (unpaired) electrons. The van der Waals surface area contributed by atoms with Gasteiger partial charge >= 0.3 is 12.1 Å². The van der Waals surface area contributed by atoms with Crippen LogP contribution < -0.4 is 14.8 Å². The molecular formula is C15H18F3NO5. The van der Waals surface area contributed by atoms with E-state index in [2.05, 4.69) is 10.1 Å². The van der Waals surface area contributed by atoms with Gasteiger partial charge in [0, 0.05) is 6.04 Å². The average Bonchev–Trinajstić information content (AvgIpc) is 2.49. The predicted octanol–water partition coefficient (Wildman–Crippen LogP) is 2.23. The van der Waals surface area contributed by atoms with Crippen LogP contribution in [0.1, 0.15) is 13.8 Å². The molecule has 134 valence electrons. The van der Waals surface area contributed by atoms with E-state index in [1.807, 2.05) is 0 Å². The molecule has 0 aromatic heterocycles. The van der Waals surface area contributed by atoms with E-state index in [0.29, 0.717) is 0 Å². The summed E-state index contributed by atoms with van der Waals surface area (Å²) in [6.07, 6.45) is -4.49. The molecule has 0 aliphatic heterocycles. The van der Waals surface area contributed by atoms with Crippen molar-refractivity contribution in [1.82, 2.24) is 5.32 Å². The molecule has 2 unspecified atom stereocenters. The quantitative estimate of drug-likeness (QED) is 0.752. The second-order valence-corrected chi connectivity index (χ2v) is 5.12. The van der Waals surface area contributed by atoms with E-state index in [9.17, 15) is 22.8 Å². The highest BCUT2D eigenvalue weighted by atomic mass is 19.4. The Kier molecular flexibility index (Phi) is 6.87. The lowest BCUT2D eigenvalue weighted by atomic mass is 10.0. The van der Waals surface area contributed by atoms with Crippen LogP contribution in [0.4, 0.5) is 13.2 Å². The number of carboxylic acid groups (broad SMARTS) is 1. The summed E-state index contributed by atoms with van der Waals surface area (Å²) in [6.45, 7) is 1.00. The first-order valence-electron chi connectivity index (χ1n) is 7.03. The average molecular weight is 349 g/mol. The van der Waals surface area contributed by atoms with Crippen molar-refractivity contribution in [3.05, 3.63) is 24.3 Å². The molecule has 0 aliphatic carbocycles. The first kappa shape index (κ1) is 19.6. The molecule has 0 bridgehead atoms. The van der Waals surface area contributed by atoms with Gasteiger partial charge in [0.05, 0.1) is 5.92 Å². The number of hydrogen-bond acceptors (Lipinski definition) is 4. The molecule has 1 amide bonds. The fourth-order valence-electron chi connectivity index (χ4n) is 1.63. The number of carbonyl (C=O) groups excluding carboxylic acids is 1.